The monoisotopic (exact) mass is 332 g/mol. The van der Waals surface area contributed by atoms with Gasteiger partial charge < -0.3 is 9.72 Å². The van der Waals surface area contributed by atoms with Crippen LogP contribution >= 0.6 is 0 Å². The molecule has 1 saturated heterocycles. The number of hydrogen-bond donors (Lipinski definition) is 1. The maximum atomic E-state index is 13.3. The number of rotatable bonds is 5. The lowest BCUT2D eigenvalue weighted by molar-refractivity contribution is 0.0876. The van der Waals surface area contributed by atoms with Crippen LogP contribution < -0.4 is 5.43 Å². The van der Waals surface area contributed by atoms with Crippen LogP contribution in [0.2, 0.25) is 0 Å². The number of likely N-dealkylation sites (tertiary alicyclic amines) is 1. The summed E-state index contributed by atoms with van der Waals surface area (Å²) in [5, 5.41) is 0.408. The maximum absolute atomic E-state index is 13.3. The number of fused-ring (bicyclic) bond motifs is 1. The number of benzene rings is 1. The molecule has 0 amide bonds. The van der Waals surface area contributed by atoms with Gasteiger partial charge in [0.25, 0.3) is 0 Å². The molecule has 130 valence electrons. The van der Waals surface area contributed by atoms with Crippen molar-refractivity contribution in [3.63, 3.8) is 0 Å². The molecule has 4 nitrogen and oxygen atoms in total. The van der Waals surface area contributed by atoms with Crippen LogP contribution in [0.5, 0.6) is 0 Å². The lowest BCUT2D eigenvalue weighted by Gasteiger charge is -2.34. The van der Waals surface area contributed by atoms with Gasteiger partial charge in [-0.3, -0.25) is 9.69 Å². The predicted molar refractivity (Wildman–Crippen MR) is 93.6 cm³/mol. The molecule has 0 aliphatic carbocycles. The van der Waals surface area contributed by atoms with Crippen LogP contribution in [-0.4, -0.2) is 36.7 Å². The van der Waals surface area contributed by atoms with Crippen LogP contribution in [0.15, 0.2) is 29.1 Å². The van der Waals surface area contributed by atoms with E-state index in [9.17, 15) is 9.18 Å². The molecule has 2 aromatic rings. The molecule has 0 saturated carbocycles. The Morgan fingerprint density at radius 1 is 1.33 bits per heavy atom. The number of piperidine rings is 1. The van der Waals surface area contributed by atoms with E-state index in [0.717, 1.165) is 44.8 Å². The van der Waals surface area contributed by atoms with Gasteiger partial charge >= 0.3 is 0 Å². The number of aromatic amines is 1. The first-order chi connectivity index (χ1) is 11.6. The fraction of sp³-hybridized carbons (Fsp3) is 0.526. The minimum atomic E-state index is -0.381. The average molecular weight is 332 g/mol. The van der Waals surface area contributed by atoms with Crippen LogP contribution in [0.1, 0.15) is 25.5 Å². The van der Waals surface area contributed by atoms with Crippen molar-refractivity contribution in [2.45, 2.75) is 26.3 Å². The second kappa shape index (κ2) is 7.45. The number of H-pyrrole nitrogens is 1. The molecule has 0 radical (unpaired) electrons. The summed E-state index contributed by atoms with van der Waals surface area (Å²) in [5.74, 6) is 0.917. The SMILES string of the molecule is COC[C@H](C)C1CCN(Cc2cc(=O)c3cc(F)ccc3[nH]2)CC1. The third kappa shape index (κ3) is 3.84. The van der Waals surface area contributed by atoms with Crippen LogP contribution in [0.4, 0.5) is 4.39 Å². The summed E-state index contributed by atoms with van der Waals surface area (Å²) in [5.41, 5.74) is 1.46. The zero-order valence-corrected chi connectivity index (χ0v) is 14.3. The number of methoxy groups -OCH3 is 1. The van der Waals surface area contributed by atoms with Crippen LogP contribution in [-0.2, 0) is 11.3 Å². The maximum Gasteiger partial charge on any atom is 0.189 e. The van der Waals surface area contributed by atoms with Crippen LogP contribution in [0.3, 0.4) is 0 Å². The van der Waals surface area contributed by atoms with E-state index in [2.05, 4.69) is 16.8 Å². The standard InChI is InChI=1S/C19H25FN2O2/c1-13(12-24-2)14-5-7-22(8-6-14)11-16-10-19(23)17-9-15(20)3-4-18(17)21-16/h3-4,9-10,13-14H,5-8,11-12H2,1-2H3,(H,21,23)/t13-/m0/s1. The molecule has 2 heterocycles. The Hall–Kier alpha value is -1.72. The van der Waals surface area contributed by atoms with Gasteiger partial charge in [0.05, 0.1) is 0 Å². The quantitative estimate of drug-likeness (QED) is 0.915. The van der Waals surface area contributed by atoms with Gasteiger partial charge in [0.1, 0.15) is 5.82 Å². The lowest BCUT2D eigenvalue weighted by atomic mass is 9.86. The summed E-state index contributed by atoms with van der Waals surface area (Å²) in [6.07, 6.45) is 2.32. The number of nitrogens with one attached hydrogen (secondary N) is 1. The molecule has 0 spiro atoms. The van der Waals surface area contributed by atoms with Gasteiger partial charge in [0, 0.05) is 42.9 Å². The first kappa shape index (κ1) is 17.1. The number of halogens is 1. The van der Waals surface area contributed by atoms with E-state index < -0.39 is 0 Å². The van der Waals surface area contributed by atoms with Crippen molar-refractivity contribution in [2.24, 2.45) is 11.8 Å². The van der Waals surface area contributed by atoms with Gasteiger partial charge in [-0.25, -0.2) is 4.39 Å². The van der Waals surface area contributed by atoms with Gasteiger partial charge in [0.2, 0.25) is 0 Å². The first-order valence-corrected chi connectivity index (χ1v) is 8.59. The van der Waals surface area contributed by atoms with E-state index in [4.69, 9.17) is 4.74 Å². The Morgan fingerprint density at radius 3 is 2.79 bits per heavy atom. The summed E-state index contributed by atoms with van der Waals surface area (Å²) < 4.78 is 18.5. The number of ether oxygens (including phenoxy) is 1. The molecule has 1 atom stereocenters. The Labute approximate surface area is 141 Å². The average Bonchev–Trinajstić information content (AvgIpc) is 2.56. The fourth-order valence-corrected chi connectivity index (χ4v) is 3.68. The molecule has 5 heteroatoms. The highest BCUT2D eigenvalue weighted by Crippen LogP contribution is 2.25. The first-order valence-electron chi connectivity index (χ1n) is 8.59. The highest BCUT2D eigenvalue weighted by atomic mass is 19.1. The van der Waals surface area contributed by atoms with E-state index >= 15 is 0 Å². The van der Waals surface area contributed by atoms with E-state index in [0.29, 0.717) is 22.7 Å². The van der Waals surface area contributed by atoms with Crippen LogP contribution in [0, 0.1) is 17.7 Å². The Balaban J connectivity index is 1.66. The van der Waals surface area contributed by atoms with Gasteiger partial charge in [0.15, 0.2) is 5.43 Å². The predicted octanol–water partition coefficient (Wildman–Crippen LogP) is 3.16. The summed E-state index contributed by atoms with van der Waals surface area (Å²) in [6, 6.07) is 5.90. The molecule has 1 aliphatic heterocycles. The van der Waals surface area contributed by atoms with Crippen molar-refractivity contribution in [1.29, 1.82) is 0 Å². The minimum absolute atomic E-state index is 0.123. The van der Waals surface area contributed by atoms with Crippen LogP contribution in [0.25, 0.3) is 10.9 Å². The highest BCUT2D eigenvalue weighted by molar-refractivity contribution is 5.78. The van der Waals surface area contributed by atoms with E-state index in [1.807, 2.05) is 0 Å². The van der Waals surface area contributed by atoms with Gasteiger partial charge in [-0.1, -0.05) is 6.92 Å². The normalized spacial score (nSPS) is 18.1. The molecular formula is C19H25FN2O2. The Morgan fingerprint density at radius 2 is 2.08 bits per heavy atom. The zero-order valence-electron chi connectivity index (χ0n) is 14.3. The highest BCUT2D eigenvalue weighted by Gasteiger charge is 2.24. The third-order valence-corrected chi connectivity index (χ3v) is 5.11. The molecule has 1 fully saturated rings. The topological polar surface area (TPSA) is 45.3 Å². The smallest absolute Gasteiger partial charge is 0.189 e. The summed E-state index contributed by atoms with van der Waals surface area (Å²) in [4.78, 5) is 17.8. The summed E-state index contributed by atoms with van der Waals surface area (Å²) >= 11 is 0. The molecule has 0 unspecified atom stereocenters. The van der Waals surface area contributed by atoms with Gasteiger partial charge in [-0.2, -0.15) is 0 Å². The van der Waals surface area contributed by atoms with E-state index in [-0.39, 0.29) is 11.2 Å². The molecule has 3 rings (SSSR count). The molecule has 24 heavy (non-hydrogen) atoms. The van der Waals surface area contributed by atoms with Crippen molar-refractivity contribution in [1.82, 2.24) is 9.88 Å². The van der Waals surface area contributed by atoms with Crippen molar-refractivity contribution >= 4 is 10.9 Å². The van der Waals surface area contributed by atoms with Crippen molar-refractivity contribution in [3.8, 4) is 0 Å². The Bertz CT molecular complexity index is 751. The van der Waals surface area contributed by atoms with Gasteiger partial charge in [-0.15, -0.1) is 0 Å². The third-order valence-electron chi connectivity index (χ3n) is 5.11. The second-order valence-electron chi connectivity index (χ2n) is 6.89. The minimum Gasteiger partial charge on any atom is -0.384 e. The van der Waals surface area contributed by atoms with Crippen molar-refractivity contribution < 1.29 is 9.13 Å². The second-order valence-corrected chi connectivity index (χ2v) is 6.89. The Kier molecular flexibility index (Phi) is 5.31. The number of nitrogens with zero attached hydrogens (tertiary/aromatic N) is 1. The number of pyridine rings is 1. The summed E-state index contributed by atoms with van der Waals surface area (Å²) in [6.45, 7) is 5.86. The zero-order chi connectivity index (χ0) is 17.1. The molecule has 0 bridgehead atoms. The van der Waals surface area contributed by atoms with Crippen molar-refractivity contribution in [2.75, 3.05) is 26.8 Å². The molecule has 1 aromatic heterocycles. The van der Waals surface area contributed by atoms with E-state index in [1.54, 1.807) is 19.2 Å². The van der Waals surface area contributed by atoms with Crippen molar-refractivity contribution in [3.05, 3.63) is 46.0 Å². The largest absolute Gasteiger partial charge is 0.384 e. The number of hydrogen-bond acceptors (Lipinski definition) is 3. The lowest BCUT2D eigenvalue weighted by Crippen LogP contribution is -2.36. The fourth-order valence-electron chi connectivity index (χ4n) is 3.68. The number of aromatic nitrogens is 1. The molecule has 1 aromatic carbocycles. The summed E-state index contributed by atoms with van der Waals surface area (Å²) in [7, 11) is 1.76. The molecule has 1 N–H and O–H groups in total. The molecular weight excluding hydrogens is 307 g/mol. The van der Waals surface area contributed by atoms with E-state index in [1.165, 1.54) is 12.1 Å². The molecule has 1 aliphatic rings. The van der Waals surface area contributed by atoms with Gasteiger partial charge in [-0.05, 0) is 56.0 Å².